The molecular formula is C23H22N4O5S. The monoisotopic (exact) mass is 466 g/mol. The molecule has 0 fully saturated rings. The number of hydrogen-bond donors (Lipinski definition) is 1. The van der Waals surface area contributed by atoms with Gasteiger partial charge in [0.25, 0.3) is 10.0 Å². The summed E-state index contributed by atoms with van der Waals surface area (Å²) < 4.78 is 35.6. The smallest absolute Gasteiger partial charge is 0.339 e. The predicted octanol–water partition coefficient (Wildman–Crippen LogP) is 3.38. The van der Waals surface area contributed by atoms with E-state index < -0.39 is 16.0 Å². The molecule has 4 aromatic rings. The van der Waals surface area contributed by atoms with Gasteiger partial charge in [-0.1, -0.05) is 30.3 Å². The second kappa shape index (κ2) is 8.55. The van der Waals surface area contributed by atoms with E-state index in [2.05, 4.69) is 10.1 Å². The number of methoxy groups -OCH3 is 1. The van der Waals surface area contributed by atoms with E-state index in [0.717, 1.165) is 4.31 Å². The minimum atomic E-state index is -4.18. The molecule has 0 radical (unpaired) electrons. The molecule has 33 heavy (non-hydrogen) atoms. The lowest BCUT2D eigenvalue weighted by Gasteiger charge is -2.27. The maximum absolute atomic E-state index is 13.9. The minimum Gasteiger partial charge on any atom is -0.497 e. The van der Waals surface area contributed by atoms with Gasteiger partial charge in [0.05, 0.1) is 35.3 Å². The predicted molar refractivity (Wildman–Crippen MR) is 123 cm³/mol. The molecule has 0 bridgehead atoms. The van der Waals surface area contributed by atoms with E-state index in [4.69, 9.17) is 4.74 Å². The van der Waals surface area contributed by atoms with Crippen molar-refractivity contribution >= 4 is 32.7 Å². The van der Waals surface area contributed by atoms with E-state index in [0.29, 0.717) is 28.0 Å². The number of aromatic carboxylic acids is 1. The molecule has 0 aliphatic carbocycles. The summed E-state index contributed by atoms with van der Waals surface area (Å²) in [7, 11) is -1.02. The van der Waals surface area contributed by atoms with Crippen molar-refractivity contribution in [3.63, 3.8) is 0 Å². The highest BCUT2D eigenvalue weighted by Crippen LogP contribution is 2.36. The van der Waals surface area contributed by atoms with Gasteiger partial charge in [0.2, 0.25) is 0 Å². The fourth-order valence-corrected chi connectivity index (χ4v) is 5.20. The Morgan fingerprint density at radius 2 is 1.79 bits per heavy atom. The summed E-state index contributed by atoms with van der Waals surface area (Å²) in [6, 6.07) is 14.9. The maximum atomic E-state index is 13.9. The Kier molecular flexibility index (Phi) is 5.77. The highest BCUT2D eigenvalue weighted by molar-refractivity contribution is 7.92. The van der Waals surface area contributed by atoms with Gasteiger partial charge in [-0.25, -0.2) is 18.2 Å². The average molecular weight is 467 g/mol. The molecule has 10 heteroatoms. The van der Waals surface area contributed by atoms with Crippen molar-refractivity contribution in [3.05, 3.63) is 77.6 Å². The molecule has 4 rings (SSSR count). The van der Waals surface area contributed by atoms with E-state index in [1.54, 1.807) is 50.4 Å². The number of carboxylic acid groups (broad SMARTS) is 1. The highest BCUT2D eigenvalue weighted by atomic mass is 32.2. The number of carboxylic acids is 1. The fraction of sp³-hybridized carbons (Fsp3) is 0.174. The van der Waals surface area contributed by atoms with Gasteiger partial charge in [0, 0.05) is 13.2 Å². The molecular weight excluding hydrogens is 444 g/mol. The van der Waals surface area contributed by atoms with Gasteiger partial charge in [0.15, 0.2) is 5.65 Å². The van der Waals surface area contributed by atoms with Crippen molar-refractivity contribution in [1.29, 1.82) is 0 Å². The third kappa shape index (κ3) is 4.00. The van der Waals surface area contributed by atoms with Crippen LogP contribution in [0.15, 0.2) is 65.7 Å². The number of rotatable bonds is 7. The van der Waals surface area contributed by atoms with E-state index in [-0.39, 0.29) is 22.7 Å². The van der Waals surface area contributed by atoms with E-state index >= 15 is 0 Å². The summed E-state index contributed by atoms with van der Waals surface area (Å²) in [6.45, 7) is 1.61. The maximum Gasteiger partial charge on any atom is 0.339 e. The second-order valence-electron chi connectivity index (χ2n) is 7.41. The van der Waals surface area contributed by atoms with E-state index in [1.165, 1.54) is 30.1 Å². The lowest BCUT2D eigenvalue weighted by Crippen LogP contribution is -2.32. The molecule has 2 aromatic heterocycles. The van der Waals surface area contributed by atoms with Crippen LogP contribution in [0.25, 0.3) is 11.0 Å². The Labute approximate surface area is 190 Å². The zero-order valence-corrected chi connectivity index (χ0v) is 19.1. The van der Waals surface area contributed by atoms with Gasteiger partial charge in [-0.2, -0.15) is 5.10 Å². The number of carbonyl (C=O) groups is 1. The molecule has 9 nitrogen and oxygen atoms in total. The number of benzene rings is 2. The molecule has 0 aliphatic rings. The Bertz CT molecular complexity index is 1430. The van der Waals surface area contributed by atoms with Crippen molar-refractivity contribution in [2.45, 2.75) is 18.4 Å². The van der Waals surface area contributed by atoms with Crippen LogP contribution >= 0.6 is 0 Å². The van der Waals surface area contributed by atoms with Crippen LogP contribution in [0.2, 0.25) is 0 Å². The summed E-state index contributed by atoms with van der Waals surface area (Å²) in [6.07, 6.45) is 1.17. The molecule has 2 heterocycles. The molecule has 0 aliphatic heterocycles. The fourth-order valence-electron chi connectivity index (χ4n) is 3.72. The van der Waals surface area contributed by atoms with Crippen molar-refractivity contribution in [2.24, 2.45) is 7.05 Å². The first-order valence-corrected chi connectivity index (χ1v) is 11.4. The molecule has 1 N–H and O–H groups in total. The number of anilines is 1. The van der Waals surface area contributed by atoms with Crippen molar-refractivity contribution in [3.8, 4) is 5.75 Å². The van der Waals surface area contributed by atoms with Gasteiger partial charge in [0.1, 0.15) is 11.3 Å². The zero-order valence-electron chi connectivity index (χ0n) is 18.3. The SMILES string of the molecule is COc1ccc(S(=O)(=O)N(Cc2ccccc2)c2c(C(=O)O)cnc3c2c(C)nn3C)cc1. The Hall–Kier alpha value is -3.92. The Morgan fingerprint density at radius 3 is 2.39 bits per heavy atom. The highest BCUT2D eigenvalue weighted by Gasteiger charge is 2.32. The summed E-state index contributed by atoms with van der Waals surface area (Å²) >= 11 is 0. The number of nitrogens with zero attached hydrogens (tertiary/aromatic N) is 4. The quantitative estimate of drug-likeness (QED) is 0.444. The number of fused-ring (bicyclic) bond motifs is 1. The molecule has 0 saturated carbocycles. The summed E-state index contributed by atoms with van der Waals surface area (Å²) in [4.78, 5) is 16.4. The number of hydrogen-bond acceptors (Lipinski definition) is 6. The van der Waals surface area contributed by atoms with Crippen LogP contribution in [-0.4, -0.2) is 41.4 Å². The lowest BCUT2D eigenvalue weighted by atomic mass is 10.1. The normalized spacial score (nSPS) is 11.5. The summed E-state index contributed by atoms with van der Waals surface area (Å²) in [5.74, 6) is -0.783. The largest absolute Gasteiger partial charge is 0.497 e. The molecule has 0 unspecified atom stereocenters. The third-order valence-electron chi connectivity index (χ3n) is 5.30. The van der Waals surface area contributed by atoms with Crippen LogP contribution in [0.5, 0.6) is 5.75 Å². The standard InChI is InChI=1S/C23H22N4O5S/c1-15-20-21(19(23(28)29)13-24-22(20)26(2)25-15)27(14-16-7-5-4-6-8-16)33(30,31)18-11-9-17(32-3)10-12-18/h4-13H,14H2,1-3H3,(H,28,29). The van der Waals surface area contributed by atoms with Crippen LogP contribution in [0.1, 0.15) is 21.6 Å². The van der Waals surface area contributed by atoms with Crippen LogP contribution < -0.4 is 9.04 Å². The van der Waals surface area contributed by atoms with Crippen LogP contribution in [0, 0.1) is 6.92 Å². The van der Waals surface area contributed by atoms with Crippen molar-refractivity contribution < 1.29 is 23.1 Å². The van der Waals surface area contributed by atoms with Gasteiger partial charge in [-0.3, -0.25) is 8.99 Å². The van der Waals surface area contributed by atoms with Crippen LogP contribution in [-0.2, 0) is 23.6 Å². The molecule has 0 atom stereocenters. The number of ether oxygens (including phenoxy) is 1. The Balaban J connectivity index is 2.02. The first-order valence-electron chi connectivity index (χ1n) is 10.0. The van der Waals surface area contributed by atoms with Crippen LogP contribution in [0.3, 0.4) is 0 Å². The minimum absolute atomic E-state index is 0.00192. The van der Waals surface area contributed by atoms with Crippen molar-refractivity contribution in [2.75, 3.05) is 11.4 Å². The molecule has 0 saturated heterocycles. The lowest BCUT2D eigenvalue weighted by molar-refractivity contribution is 0.0697. The summed E-state index contributed by atoms with van der Waals surface area (Å²) in [5.41, 5.74) is 1.35. The Morgan fingerprint density at radius 1 is 1.12 bits per heavy atom. The molecule has 170 valence electrons. The number of sulfonamides is 1. The third-order valence-corrected chi connectivity index (χ3v) is 7.06. The number of aryl methyl sites for hydroxylation is 2. The zero-order chi connectivity index (χ0) is 23.8. The average Bonchev–Trinajstić information content (AvgIpc) is 3.11. The first-order chi connectivity index (χ1) is 15.7. The van der Waals surface area contributed by atoms with Crippen molar-refractivity contribution in [1.82, 2.24) is 14.8 Å². The first kappa shape index (κ1) is 22.3. The number of pyridine rings is 1. The molecule has 0 amide bonds. The van der Waals surface area contributed by atoms with Gasteiger partial charge in [-0.15, -0.1) is 0 Å². The van der Waals surface area contributed by atoms with Gasteiger partial charge >= 0.3 is 5.97 Å². The second-order valence-corrected chi connectivity index (χ2v) is 9.27. The molecule has 2 aromatic carbocycles. The van der Waals surface area contributed by atoms with E-state index in [9.17, 15) is 18.3 Å². The topological polar surface area (TPSA) is 115 Å². The van der Waals surface area contributed by atoms with Gasteiger partial charge in [-0.05, 0) is 36.8 Å². The van der Waals surface area contributed by atoms with Crippen LogP contribution in [0.4, 0.5) is 5.69 Å². The summed E-state index contributed by atoms with van der Waals surface area (Å²) in [5, 5.41) is 14.6. The van der Waals surface area contributed by atoms with E-state index in [1.807, 2.05) is 6.07 Å². The molecule has 0 spiro atoms. The van der Waals surface area contributed by atoms with Gasteiger partial charge < -0.3 is 9.84 Å². The number of aromatic nitrogens is 3.